The summed E-state index contributed by atoms with van der Waals surface area (Å²) in [6, 6.07) is 3.49. The summed E-state index contributed by atoms with van der Waals surface area (Å²) in [5, 5.41) is 2.92. The van der Waals surface area contributed by atoms with Gasteiger partial charge in [-0.1, -0.05) is 0 Å². The fourth-order valence-electron chi connectivity index (χ4n) is 2.22. The first-order valence-corrected chi connectivity index (χ1v) is 7.30. The van der Waals surface area contributed by atoms with Crippen molar-refractivity contribution in [2.45, 2.75) is 31.8 Å². The average Bonchev–Trinajstić information content (AvgIpc) is 3.17. The summed E-state index contributed by atoms with van der Waals surface area (Å²) < 4.78 is 11.0. The summed E-state index contributed by atoms with van der Waals surface area (Å²) in [4.78, 5) is 16.0. The van der Waals surface area contributed by atoms with E-state index in [0.29, 0.717) is 24.0 Å². The Morgan fingerprint density at radius 3 is 2.95 bits per heavy atom. The lowest BCUT2D eigenvalue weighted by molar-refractivity contribution is 0.0663. The van der Waals surface area contributed by atoms with Crippen molar-refractivity contribution in [1.82, 2.24) is 10.3 Å². The van der Waals surface area contributed by atoms with Gasteiger partial charge in [-0.15, -0.1) is 0 Å². The number of ether oxygens (including phenoxy) is 2. The molecule has 108 valence electrons. The highest BCUT2D eigenvalue weighted by Crippen LogP contribution is 2.27. The maximum absolute atomic E-state index is 11.8. The number of nitrogens with one attached hydrogen (secondary N) is 1. The highest BCUT2D eigenvalue weighted by molar-refractivity contribution is 5.93. The van der Waals surface area contributed by atoms with E-state index in [0.717, 1.165) is 26.0 Å². The van der Waals surface area contributed by atoms with Crippen molar-refractivity contribution < 1.29 is 14.3 Å². The van der Waals surface area contributed by atoms with E-state index in [-0.39, 0.29) is 12.0 Å². The molecule has 0 bridgehead atoms. The van der Waals surface area contributed by atoms with Crippen LogP contribution in [0, 0.1) is 5.92 Å². The molecule has 5 nitrogen and oxygen atoms in total. The fourth-order valence-corrected chi connectivity index (χ4v) is 2.22. The van der Waals surface area contributed by atoms with Crippen LogP contribution in [0.25, 0.3) is 0 Å². The van der Waals surface area contributed by atoms with Crippen molar-refractivity contribution >= 4 is 5.91 Å². The second-order valence-corrected chi connectivity index (χ2v) is 5.48. The number of carbonyl (C=O) groups excluding carboxylic acids is 1. The molecule has 1 aliphatic heterocycles. The van der Waals surface area contributed by atoms with Gasteiger partial charge in [0.15, 0.2) is 0 Å². The van der Waals surface area contributed by atoms with E-state index in [4.69, 9.17) is 9.47 Å². The average molecular weight is 276 g/mol. The summed E-state index contributed by atoms with van der Waals surface area (Å²) in [6.45, 7) is 2.12. The molecule has 1 saturated carbocycles. The zero-order valence-corrected chi connectivity index (χ0v) is 11.5. The first kappa shape index (κ1) is 13.4. The molecule has 20 heavy (non-hydrogen) atoms. The molecule has 0 spiro atoms. The van der Waals surface area contributed by atoms with Gasteiger partial charge in [-0.25, -0.2) is 4.98 Å². The molecule has 2 heterocycles. The van der Waals surface area contributed by atoms with Gasteiger partial charge < -0.3 is 14.8 Å². The molecule has 2 aliphatic rings. The summed E-state index contributed by atoms with van der Waals surface area (Å²) >= 11 is 0. The van der Waals surface area contributed by atoms with Gasteiger partial charge in [0.25, 0.3) is 5.91 Å². The summed E-state index contributed by atoms with van der Waals surface area (Å²) in [5.74, 6) is 1.16. The molecule has 1 aromatic heterocycles. The molecule has 1 aromatic rings. The first-order valence-electron chi connectivity index (χ1n) is 7.30. The molecule has 1 N–H and O–H groups in total. The lowest BCUT2D eigenvalue weighted by atomic mass is 10.2. The maximum Gasteiger partial charge on any atom is 0.252 e. The van der Waals surface area contributed by atoms with Gasteiger partial charge in [-0.2, -0.15) is 0 Å². The second kappa shape index (κ2) is 6.22. The predicted molar refractivity (Wildman–Crippen MR) is 73.8 cm³/mol. The van der Waals surface area contributed by atoms with E-state index < -0.39 is 0 Å². The van der Waals surface area contributed by atoms with Crippen LogP contribution in [0.15, 0.2) is 18.3 Å². The van der Waals surface area contributed by atoms with Crippen LogP contribution in [0.4, 0.5) is 0 Å². The van der Waals surface area contributed by atoms with E-state index in [2.05, 4.69) is 10.3 Å². The highest BCUT2D eigenvalue weighted by Gasteiger charge is 2.22. The van der Waals surface area contributed by atoms with Crippen LogP contribution in [0.1, 0.15) is 36.0 Å². The third-order valence-electron chi connectivity index (χ3n) is 3.69. The van der Waals surface area contributed by atoms with Gasteiger partial charge in [0.2, 0.25) is 5.88 Å². The minimum atomic E-state index is -0.0601. The molecule has 2 fully saturated rings. The van der Waals surface area contributed by atoms with Gasteiger partial charge in [0.05, 0.1) is 11.7 Å². The van der Waals surface area contributed by atoms with Crippen molar-refractivity contribution in [3.8, 4) is 5.88 Å². The Bertz CT molecular complexity index is 451. The SMILES string of the molecule is O=C(NCC1CC1)c1ccc(OCC2CCCO2)nc1. The molecular formula is C15H20N2O3. The molecule has 0 aromatic carbocycles. The van der Waals surface area contributed by atoms with E-state index >= 15 is 0 Å². The van der Waals surface area contributed by atoms with Gasteiger partial charge in [-0.3, -0.25) is 4.79 Å². The quantitative estimate of drug-likeness (QED) is 0.860. The van der Waals surface area contributed by atoms with Crippen LogP contribution in [-0.2, 0) is 4.74 Å². The number of hydrogen-bond acceptors (Lipinski definition) is 4. The third-order valence-corrected chi connectivity index (χ3v) is 3.69. The fraction of sp³-hybridized carbons (Fsp3) is 0.600. The number of pyridine rings is 1. The van der Waals surface area contributed by atoms with E-state index in [1.165, 1.54) is 12.8 Å². The van der Waals surface area contributed by atoms with Crippen LogP contribution in [0.5, 0.6) is 5.88 Å². The molecule has 3 rings (SSSR count). The van der Waals surface area contributed by atoms with Crippen LogP contribution in [-0.4, -0.2) is 36.8 Å². The largest absolute Gasteiger partial charge is 0.475 e. The number of nitrogens with zero attached hydrogens (tertiary/aromatic N) is 1. The molecule has 1 saturated heterocycles. The zero-order valence-electron chi connectivity index (χ0n) is 11.5. The minimum absolute atomic E-state index is 0.0601. The number of aromatic nitrogens is 1. The van der Waals surface area contributed by atoms with Crippen LogP contribution in [0.3, 0.4) is 0 Å². The summed E-state index contributed by atoms with van der Waals surface area (Å²) in [6.07, 6.45) is 6.35. The van der Waals surface area contributed by atoms with Crippen molar-refractivity contribution in [2.24, 2.45) is 5.92 Å². The van der Waals surface area contributed by atoms with Gasteiger partial charge >= 0.3 is 0 Å². The lowest BCUT2D eigenvalue weighted by Gasteiger charge is -2.10. The van der Waals surface area contributed by atoms with Gasteiger partial charge in [-0.05, 0) is 37.7 Å². The number of amides is 1. The Balaban J connectivity index is 1.46. The molecule has 1 amide bonds. The number of rotatable bonds is 6. The smallest absolute Gasteiger partial charge is 0.252 e. The van der Waals surface area contributed by atoms with E-state index in [9.17, 15) is 4.79 Å². The zero-order chi connectivity index (χ0) is 13.8. The van der Waals surface area contributed by atoms with Crippen LogP contribution in [0.2, 0.25) is 0 Å². The summed E-state index contributed by atoms with van der Waals surface area (Å²) in [7, 11) is 0. The maximum atomic E-state index is 11.8. The Labute approximate surface area is 118 Å². The third kappa shape index (κ3) is 3.70. The second-order valence-electron chi connectivity index (χ2n) is 5.48. The van der Waals surface area contributed by atoms with Gasteiger partial charge in [0, 0.05) is 25.4 Å². The van der Waals surface area contributed by atoms with Crippen molar-refractivity contribution in [1.29, 1.82) is 0 Å². The molecule has 1 unspecified atom stereocenters. The number of hydrogen-bond donors (Lipinski definition) is 1. The first-order chi connectivity index (χ1) is 9.81. The Morgan fingerprint density at radius 1 is 1.40 bits per heavy atom. The van der Waals surface area contributed by atoms with E-state index in [1.807, 2.05) is 0 Å². The lowest BCUT2D eigenvalue weighted by Crippen LogP contribution is -2.25. The Kier molecular flexibility index (Phi) is 4.16. The Morgan fingerprint density at radius 2 is 2.30 bits per heavy atom. The molecule has 1 aliphatic carbocycles. The van der Waals surface area contributed by atoms with Crippen LogP contribution < -0.4 is 10.1 Å². The topological polar surface area (TPSA) is 60.5 Å². The summed E-state index contributed by atoms with van der Waals surface area (Å²) in [5.41, 5.74) is 0.579. The highest BCUT2D eigenvalue weighted by atomic mass is 16.5. The molecule has 0 radical (unpaired) electrons. The van der Waals surface area contributed by atoms with Gasteiger partial charge in [0.1, 0.15) is 6.61 Å². The minimum Gasteiger partial charge on any atom is -0.475 e. The van der Waals surface area contributed by atoms with E-state index in [1.54, 1.807) is 18.3 Å². The normalized spacial score (nSPS) is 21.7. The Hall–Kier alpha value is -1.62. The molecule has 5 heteroatoms. The van der Waals surface area contributed by atoms with Crippen molar-refractivity contribution in [3.63, 3.8) is 0 Å². The standard InChI is InChI=1S/C15H20N2O3/c18-15(17-8-11-3-4-11)12-5-6-14(16-9-12)20-10-13-2-1-7-19-13/h5-6,9,11,13H,1-4,7-8,10H2,(H,17,18). The van der Waals surface area contributed by atoms with Crippen molar-refractivity contribution in [3.05, 3.63) is 23.9 Å². The molecular weight excluding hydrogens is 256 g/mol. The van der Waals surface area contributed by atoms with Crippen LogP contribution >= 0.6 is 0 Å². The number of carbonyl (C=O) groups is 1. The molecule has 1 atom stereocenters. The predicted octanol–water partition coefficient (Wildman–Crippen LogP) is 1.78. The van der Waals surface area contributed by atoms with Crippen molar-refractivity contribution in [2.75, 3.05) is 19.8 Å². The monoisotopic (exact) mass is 276 g/mol.